The number of nitrogens with zero attached hydrogens (tertiary/aromatic N) is 2. The maximum absolute atomic E-state index is 11.0. The second-order valence-electron chi connectivity index (χ2n) is 3.80. The number of hydrogen-bond acceptors (Lipinski definition) is 4. The molecule has 5 heteroatoms. The first-order chi connectivity index (χ1) is 9.22. The van der Waals surface area contributed by atoms with Crippen molar-refractivity contribution in [3.05, 3.63) is 69.8 Å². The van der Waals surface area contributed by atoms with Crippen LogP contribution in [-0.4, -0.2) is 4.92 Å². The third-order valence-corrected chi connectivity index (χ3v) is 2.54. The molecule has 0 bridgehead atoms. The Morgan fingerprint density at radius 3 is 2.53 bits per heavy atom. The van der Waals surface area contributed by atoms with Crippen molar-refractivity contribution in [2.75, 3.05) is 0 Å². The van der Waals surface area contributed by atoms with Crippen molar-refractivity contribution in [1.29, 1.82) is 5.26 Å². The van der Waals surface area contributed by atoms with Crippen LogP contribution >= 0.6 is 0 Å². The summed E-state index contributed by atoms with van der Waals surface area (Å²) >= 11 is 0. The summed E-state index contributed by atoms with van der Waals surface area (Å²) in [6, 6.07) is 15.6. The summed E-state index contributed by atoms with van der Waals surface area (Å²) in [4.78, 5) is 10.4. The minimum atomic E-state index is -0.598. The van der Waals surface area contributed by atoms with Gasteiger partial charge in [0.25, 0.3) is 0 Å². The number of nitro groups is 1. The van der Waals surface area contributed by atoms with Gasteiger partial charge in [-0.15, -0.1) is 0 Å². The zero-order valence-corrected chi connectivity index (χ0v) is 9.95. The highest BCUT2D eigenvalue weighted by molar-refractivity contribution is 5.57. The minimum Gasteiger partial charge on any atom is -0.482 e. The van der Waals surface area contributed by atoms with E-state index in [9.17, 15) is 10.1 Å². The molecule has 5 nitrogen and oxygen atoms in total. The van der Waals surface area contributed by atoms with Crippen molar-refractivity contribution in [2.24, 2.45) is 0 Å². The number of ether oxygens (including phenoxy) is 1. The maximum atomic E-state index is 11.0. The standard InChI is InChI=1S/C14H10N2O3/c15-9-12-7-4-8-13(14(12)16(17)18)19-10-11-5-2-1-3-6-11/h1-8H,10H2. The van der Waals surface area contributed by atoms with E-state index in [1.807, 2.05) is 30.3 Å². The number of nitro benzene ring substituents is 1. The molecule has 19 heavy (non-hydrogen) atoms. The minimum absolute atomic E-state index is 0.00411. The SMILES string of the molecule is N#Cc1cccc(OCc2ccccc2)c1[N+](=O)[O-]. The van der Waals surface area contributed by atoms with Crippen LogP contribution in [0, 0.1) is 21.4 Å². The summed E-state index contributed by atoms with van der Waals surface area (Å²) in [5.41, 5.74) is 0.607. The van der Waals surface area contributed by atoms with Gasteiger partial charge in [0.05, 0.1) is 4.92 Å². The van der Waals surface area contributed by atoms with E-state index in [4.69, 9.17) is 10.00 Å². The number of hydrogen-bond donors (Lipinski definition) is 0. The van der Waals surface area contributed by atoms with E-state index >= 15 is 0 Å². The molecule has 2 rings (SSSR count). The van der Waals surface area contributed by atoms with Crippen molar-refractivity contribution < 1.29 is 9.66 Å². The summed E-state index contributed by atoms with van der Waals surface area (Å²) in [5, 5.41) is 19.9. The molecule has 0 atom stereocenters. The van der Waals surface area contributed by atoms with E-state index in [2.05, 4.69) is 0 Å². The first kappa shape index (κ1) is 12.6. The van der Waals surface area contributed by atoms with Gasteiger partial charge >= 0.3 is 5.69 Å². The predicted octanol–water partition coefficient (Wildman–Crippen LogP) is 3.05. The molecule has 0 N–H and O–H groups in total. The molecule has 0 heterocycles. The van der Waals surface area contributed by atoms with Gasteiger partial charge in [-0.25, -0.2) is 0 Å². The fraction of sp³-hybridized carbons (Fsp3) is 0.0714. The van der Waals surface area contributed by atoms with E-state index in [-0.39, 0.29) is 23.6 Å². The Bertz CT molecular complexity index is 633. The molecule has 0 saturated carbocycles. The number of benzene rings is 2. The first-order valence-electron chi connectivity index (χ1n) is 5.56. The number of rotatable bonds is 4. The topological polar surface area (TPSA) is 76.2 Å². The Hall–Kier alpha value is -2.87. The predicted molar refractivity (Wildman–Crippen MR) is 68.6 cm³/mol. The van der Waals surface area contributed by atoms with Gasteiger partial charge < -0.3 is 4.74 Å². The Morgan fingerprint density at radius 2 is 1.89 bits per heavy atom. The van der Waals surface area contributed by atoms with Crippen molar-refractivity contribution in [3.63, 3.8) is 0 Å². The van der Waals surface area contributed by atoms with Gasteiger partial charge in [-0.1, -0.05) is 36.4 Å². The lowest BCUT2D eigenvalue weighted by Gasteiger charge is -2.07. The fourth-order valence-corrected chi connectivity index (χ4v) is 1.65. The van der Waals surface area contributed by atoms with Crippen LogP contribution in [0.2, 0.25) is 0 Å². The van der Waals surface area contributed by atoms with Crippen LogP contribution in [0.1, 0.15) is 11.1 Å². The van der Waals surface area contributed by atoms with E-state index < -0.39 is 4.92 Å². The Labute approximate surface area is 109 Å². The molecule has 0 aliphatic rings. The van der Waals surface area contributed by atoms with Crippen LogP contribution in [0.25, 0.3) is 0 Å². The average Bonchev–Trinajstić information content (AvgIpc) is 2.45. The number of nitriles is 1. The smallest absolute Gasteiger partial charge is 0.328 e. The lowest BCUT2D eigenvalue weighted by atomic mass is 10.2. The molecule has 0 amide bonds. The summed E-state index contributed by atoms with van der Waals surface area (Å²) in [6.45, 7) is 0.219. The van der Waals surface area contributed by atoms with Crippen LogP contribution in [0.5, 0.6) is 5.75 Å². The van der Waals surface area contributed by atoms with Crippen molar-refractivity contribution in [1.82, 2.24) is 0 Å². The van der Waals surface area contributed by atoms with Crippen LogP contribution in [0.4, 0.5) is 5.69 Å². The van der Waals surface area contributed by atoms with Gasteiger partial charge in [-0.3, -0.25) is 10.1 Å². The molecule has 0 aliphatic heterocycles. The highest BCUT2D eigenvalue weighted by Gasteiger charge is 2.20. The Balaban J connectivity index is 2.26. The quantitative estimate of drug-likeness (QED) is 0.620. The van der Waals surface area contributed by atoms with Crippen molar-refractivity contribution >= 4 is 5.69 Å². The van der Waals surface area contributed by atoms with Gasteiger partial charge in [0, 0.05) is 0 Å². The largest absolute Gasteiger partial charge is 0.482 e. The molecule has 0 saturated heterocycles. The zero-order valence-electron chi connectivity index (χ0n) is 9.95. The summed E-state index contributed by atoms with van der Waals surface area (Å²) in [7, 11) is 0. The van der Waals surface area contributed by atoms with Crippen LogP contribution < -0.4 is 4.74 Å². The summed E-state index contributed by atoms with van der Waals surface area (Å²) in [5.74, 6) is 0.105. The second-order valence-corrected chi connectivity index (χ2v) is 3.80. The van der Waals surface area contributed by atoms with Gasteiger partial charge in [0.1, 0.15) is 18.2 Å². The van der Waals surface area contributed by atoms with Crippen molar-refractivity contribution in [3.8, 4) is 11.8 Å². The molecule has 0 aromatic heterocycles. The van der Waals surface area contributed by atoms with E-state index in [0.717, 1.165) is 5.56 Å². The average molecular weight is 254 g/mol. The maximum Gasteiger partial charge on any atom is 0.328 e. The zero-order chi connectivity index (χ0) is 13.7. The summed E-state index contributed by atoms with van der Waals surface area (Å²) < 4.78 is 5.43. The molecule has 0 fully saturated rings. The van der Waals surface area contributed by atoms with Crippen molar-refractivity contribution in [2.45, 2.75) is 6.61 Å². The van der Waals surface area contributed by atoms with E-state index in [1.165, 1.54) is 12.1 Å². The van der Waals surface area contributed by atoms with Crippen LogP contribution in [0.15, 0.2) is 48.5 Å². The highest BCUT2D eigenvalue weighted by Crippen LogP contribution is 2.30. The fourth-order valence-electron chi connectivity index (χ4n) is 1.65. The van der Waals surface area contributed by atoms with Gasteiger partial charge in [-0.05, 0) is 17.7 Å². The highest BCUT2D eigenvalue weighted by atomic mass is 16.6. The Morgan fingerprint density at radius 1 is 1.16 bits per heavy atom. The molecule has 0 radical (unpaired) electrons. The van der Waals surface area contributed by atoms with Crippen LogP contribution in [-0.2, 0) is 6.61 Å². The van der Waals surface area contributed by atoms with Gasteiger partial charge in [0.2, 0.25) is 0 Å². The normalized spacial score (nSPS) is 9.63. The molecule has 0 unspecified atom stereocenters. The third-order valence-electron chi connectivity index (χ3n) is 2.54. The molecular weight excluding hydrogens is 244 g/mol. The Kier molecular flexibility index (Phi) is 3.74. The lowest BCUT2D eigenvalue weighted by molar-refractivity contribution is -0.386. The summed E-state index contributed by atoms with van der Waals surface area (Å²) in [6.07, 6.45) is 0. The van der Waals surface area contributed by atoms with E-state index in [0.29, 0.717) is 0 Å². The third kappa shape index (κ3) is 2.87. The lowest BCUT2D eigenvalue weighted by Crippen LogP contribution is -2.00. The molecule has 0 spiro atoms. The van der Waals surface area contributed by atoms with Gasteiger partial charge in [0.15, 0.2) is 5.75 Å². The monoisotopic (exact) mass is 254 g/mol. The first-order valence-corrected chi connectivity index (χ1v) is 5.56. The molecule has 2 aromatic carbocycles. The van der Waals surface area contributed by atoms with E-state index in [1.54, 1.807) is 12.1 Å². The molecular formula is C14H10N2O3. The molecule has 94 valence electrons. The molecule has 2 aromatic rings. The van der Waals surface area contributed by atoms with Gasteiger partial charge in [-0.2, -0.15) is 5.26 Å². The number of para-hydroxylation sites is 1. The molecule has 0 aliphatic carbocycles. The van der Waals surface area contributed by atoms with Crippen LogP contribution in [0.3, 0.4) is 0 Å². The second kappa shape index (κ2) is 5.65.